The molecule has 0 spiro atoms. The third-order valence-corrected chi connectivity index (χ3v) is 2.66. The quantitative estimate of drug-likeness (QED) is 0.789. The molecule has 0 unspecified atom stereocenters. The summed E-state index contributed by atoms with van der Waals surface area (Å²) in [6.07, 6.45) is 3.34. The minimum atomic E-state index is -0.812. The van der Waals surface area contributed by atoms with Crippen molar-refractivity contribution in [3.63, 3.8) is 0 Å². The van der Waals surface area contributed by atoms with Crippen molar-refractivity contribution >= 4 is 23.2 Å². The molecule has 4 nitrogen and oxygen atoms in total. The number of hydrogen-bond donors (Lipinski definition) is 0. The highest BCUT2D eigenvalue weighted by Gasteiger charge is 2.13. The first kappa shape index (κ1) is 12.3. The first-order valence-corrected chi connectivity index (χ1v) is 5.67. The number of aromatic nitrogens is 4. The minimum absolute atomic E-state index is 0.218. The van der Waals surface area contributed by atoms with Gasteiger partial charge in [0.05, 0.1) is 11.8 Å². The fourth-order valence-electron chi connectivity index (χ4n) is 1.26. The smallest absolute Gasteiger partial charge is 0.197 e. The van der Waals surface area contributed by atoms with Crippen molar-refractivity contribution in [1.82, 2.24) is 19.7 Å². The number of hydrogen-bond acceptors (Lipinski definition) is 3. The van der Waals surface area contributed by atoms with E-state index >= 15 is 0 Å². The first-order chi connectivity index (χ1) is 7.99. The van der Waals surface area contributed by atoms with Crippen molar-refractivity contribution in [2.24, 2.45) is 0 Å². The Hall–Kier alpha value is -1.20. The lowest BCUT2D eigenvalue weighted by Gasteiger charge is -2.03. The van der Waals surface area contributed by atoms with E-state index in [1.807, 2.05) is 13.8 Å². The van der Waals surface area contributed by atoms with E-state index in [4.69, 9.17) is 23.2 Å². The molecule has 0 fully saturated rings. The van der Waals surface area contributed by atoms with Crippen LogP contribution in [0.1, 0.15) is 19.9 Å². The van der Waals surface area contributed by atoms with Gasteiger partial charge in [-0.25, -0.2) is 14.4 Å². The molecule has 0 atom stereocenters. The predicted molar refractivity (Wildman–Crippen MR) is 63.6 cm³/mol. The summed E-state index contributed by atoms with van der Waals surface area (Å²) in [6.45, 7) is 3.98. The summed E-state index contributed by atoms with van der Waals surface area (Å²) >= 11 is 11.2. The van der Waals surface area contributed by atoms with E-state index < -0.39 is 5.82 Å². The van der Waals surface area contributed by atoms with Gasteiger partial charge in [-0.1, -0.05) is 23.2 Å². The highest BCUT2D eigenvalue weighted by Crippen LogP contribution is 2.24. The average molecular weight is 275 g/mol. The van der Waals surface area contributed by atoms with Crippen LogP contribution in [0.5, 0.6) is 0 Å². The van der Waals surface area contributed by atoms with E-state index in [9.17, 15) is 4.39 Å². The third kappa shape index (κ3) is 2.40. The number of halogens is 3. The Morgan fingerprint density at radius 3 is 2.29 bits per heavy atom. The normalized spacial score (nSPS) is 11.2. The summed E-state index contributed by atoms with van der Waals surface area (Å²) in [5.41, 5.74) is 0.641. The van der Waals surface area contributed by atoms with Crippen molar-refractivity contribution in [3.8, 4) is 11.4 Å². The van der Waals surface area contributed by atoms with Crippen LogP contribution in [0.3, 0.4) is 0 Å². The van der Waals surface area contributed by atoms with Crippen molar-refractivity contribution in [1.29, 1.82) is 0 Å². The van der Waals surface area contributed by atoms with Crippen molar-refractivity contribution in [2.45, 2.75) is 19.9 Å². The summed E-state index contributed by atoms with van der Waals surface area (Å²) in [5.74, 6) is -0.554. The van der Waals surface area contributed by atoms with Gasteiger partial charge in [0.25, 0.3) is 0 Å². The fraction of sp³-hybridized carbons (Fsp3) is 0.300. The topological polar surface area (TPSA) is 43.6 Å². The van der Waals surface area contributed by atoms with E-state index in [0.717, 1.165) is 0 Å². The molecule has 90 valence electrons. The van der Waals surface area contributed by atoms with Crippen LogP contribution in [0.25, 0.3) is 11.4 Å². The Labute approximate surface area is 107 Å². The van der Waals surface area contributed by atoms with Gasteiger partial charge in [0.1, 0.15) is 0 Å². The van der Waals surface area contributed by atoms with E-state index in [0.29, 0.717) is 5.56 Å². The van der Waals surface area contributed by atoms with Gasteiger partial charge in [-0.15, -0.1) is 0 Å². The molecule has 0 saturated carbocycles. The zero-order valence-corrected chi connectivity index (χ0v) is 10.7. The van der Waals surface area contributed by atoms with Gasteiger partial charge >= 0.3 is 0 Å². The van der Waals surface area contributed by atoms with Crippen molar-refractivity contribution in [3.05, 3.63) is 28.5 Å². The Kier molecular flexibility index (Phi) is 3.31. The van der Waals surface area contributed by atoms with E-state index in [2.05, 4.69) is 15.1 Å². The van der Waals surface area contributed by atoms with Gasteiger partial charge < -0.3 is 0 Å². The Balaban J connectivity index is 2.46. The molecule has 0 bridgehead atoms. The molecule has 0 aromatic carbocycles. The molecule has 0 radical (unpaired) electrons. The third-order valence-electron chi connectivity index (χ3n) is 2.16. The van der Waals surface area contributed by atoms with Gasteiger partial charge in [0, 0.05) is 12.2 Å². The molecular weight excluding hydrogens is 266 g/mol. The molecule has 0 aliphatic heterocycles. The Morgan fingerprint density at radius 2 is 1.82 bits per heavy atom. The molecule has 2 rings (SSSR count). The Morgan fingerprint density at radius 1 is 1.24 bits per heavy atom. The van der Waals surface area contributed by atoms with Crippen LogP contribution >= 0.6 is 23.2 Å². The molecule has 0 N–H and O–H groups in total. The minimum Gasteiger partial charge on any atom is -0.270 e. The molecule has 2 aromatic rings. The summed E-state index contributed by atoms with van der Waals surface area (Å²) in [6, 6.07) is 0.218. The molecule has 0 saturated heterocycles. The first-order valence-electron chi connectivity index (χ1n) is 4.92. The molecule has 0 amide bonds. The van der Waals surface area contributed by atoms with Gasteiger partial charge in [-0.2, -0.15) is 5.10 Å². The highest BCUT2D eigenvalue weighted by molar-refractivity contribution is 6.33. The zero-order chi connectivity index (χ0) is 12.6. The van der Waals surface area contributed by atoms with Crippen LogP contribution in [-0.2, 0) is 0 Å². The standard InChI is InChI=1S/C10H9Cl2FN4/c1-5(2)17-4-6(3-14-17)10-15-8(11)7(13)9(12)16-10/h3-5H,1-2H3. The zero-order valence-electron chi connectivity index (χ0n) is 9.15. The summed E-state index contributed by atoms with van der Waals surface area (Å²) < 4.78 is 14.9. The van der Waals surface area contributed by atoms with Crippen LogP contribution in [0, 0.1) is 5.82 Å². The van der Waals surface area contributed by atoms with Gasteiger partial charge in [-0.3, -0.25) is 4.68 Å². The number of nitrogens with zero attached hydrogens (tertiary/aromatic N) is 4. The van der Waals surface area contributed by atoms with Crippen LogP contribution < -0.4 is 0 Å². The molecule has 2 heterocycles. The average Bonchev–Trinajstić information content (AvgIpc) is 2.74. The van der Waals surface area contributed by atoms with E-state index in [1.165, 1.54) is 0 Å². The van der Waals surface area contributed by atoms with Crippen LogP contribution in [0.2, 0.25) is 10.3 Å². The van der Waals surface area contributed by atoms with E-state index in [1.54, 1.807) is 17.1 Å². The maximum atomic E-state index is 13.2. The lowest BCUT2D eigenvalue weighted by atomic mass is 10.3. The van der Waals surface area contributed by atoms with Gasteiger partial charge in [-0.05, 0) is 13.8 Å². The van der Waals surface area contributed by atoms with Crippen LogP contribution in [0.15, 0.2) is 12.4 Å². The maximum Gasteiger partial charge on any atom is 0.197 e. The van der Waals surface area contributed by atoms with Gasteiger partial charge in [0.2, 0.25) is 0 Å². The lowest BCUT2D eigenvalue weighted by Crippen LogP contribution is -2.00. The van der Waals surface area contributed by atoms with Gasteiger partial charge in [0.15, 0.2) is 21.9 Å². The summed E-state index contributed by atoms with van der Waals surface area (Å²) in [5, 5.41) is 3.54. The molecule has 0 aliphatic rings. The second-order valence-corrected chi connectivity index (χ2v) is 4.46. The molecule has 2 aromatic heterocycles. The van der Waals surface area contributed by atoms with Crippen molar-refractivity contribution < 1.29 is 4.39 Å². The van der Waals surface area contributed by atoms with Crippen LogP contribution in [-0.4, -0.2) is 19.7 Å². The predicted octanol–water partition coefficient (Wildman–Crippen LogP) is 3.37. The lowest BCUT2D eigenvalue weighted by molar-refractivity contribution is 0.532. The fourth-order valence-corrected chi connectivity index (χ4v) is 1.65. The largest absolute Gasteiger partial charge is 0.270 e. The monoisotopic (exact) mass is 274 g/mol. The molecule has 7 heteroatoms. The molecule has 0 aliphatic carbocycles. The second kappa shape index (κ2) is 4.58. The summed E-state index contributed by atoms with van der Waals surface area (Å²) in [7, 11) is 0. The second-order valence-electron chi connectivity index (χ2n) is 3.75. The highest BCUT2D eigenvalue weighted by atomic mass is 35.5. The molecule has 17 heavy (non-hydrogen) atoms. The molecular formula is C10H9Cl2FN4. The Bertz CT molecular complexity index is 530. The number of rotatable bonds is 2. The maximum absolute atomic E-state index is 13.2. The van der Waals surface area contributed by atoms with E-state index in [-0.39, 0.29) is 22.2 Å². The van der Waals surface area contributed by atoms with Crippen molar-refractivity contribution in [2.75, 3.05) is 0 Å². The summed E-state index contributed by atoms with van der Waals surface area (Å²) in [4.78, 5) is 7.64. The van der Waals surface area contributed by atoms with Crippen LogP contribution in [0.4, 0.5) is 4.39 Å². The SMILES string of the molecule is CC(C)n1cc(-c2nc(Cl)c(F)c(Cl)n2)cn1.